The molecule has 2 saturated heterocycles. The fraction of sp³-hybridized carbons (Fsp3) is 0.923. The second-order valence-corrected chi connectivity index (χ2v) is 5.56. The molecule has 0 bridgehead atoms. The van der Waals surface area contributed by atoms with E-state index in [0.717, 1.165) is 52.0 Å². The molecule has 2 aliphatic heterocycles. The first-order valence-electron chi connectivity index (χ1n) is 6.79. The second-order valence-electron chi connectivity index (χ2n) is 5.09. The molecule has 98 valence electrons. The van der Waals surface area contributed by atoms with Crippen molar-refractivity contribution in [2.75, 3.05) is 26.3 Å². The molecule has 1 amide bonds. The molecule has 0 aliphatic carbocycles. The fourth-order valence-corrected chi connectivity index (χ4v) is 3.07. The average Bonchev–Trinajstić information content (AvgIpc) is 2.67. The molecule has 0 N–H and O–H groups in total. The number of carbonyl (C=O) groups is 1. The van der Waals surface area contributed by atoms with Gasteiger partial charge in [0.15, 0.2) is 0 Å². The highest BCUT2D eigenvalue weighted by Gasteiger charge is 2.31. The first-order chi connectivity index (χ1) is 8.29. The van der Waals surface area contributed by atoms with Crippen LogP contribution < -0.4 is 0 Å². The lowest BCUT2D eigenvalue weighted by atomic mass is 9.95. The Bertz CT molecular complexity index is 246. The zero-order valence-corrected chi connectivity index (χ0v) is 11.1. The monoisotopic (exact) mass is 259 g/mol. The normalized spacial score (nSPS) is 25.4. The number of alkyl halides is 1. The van der Waals surface area contributed by atoms with E-state index in [2.05, 4.69) is 0 Å². The minimum atomic E-state index is -0.336. The van der Waals surface area contributed by atoms with Crippen LogP contribution in [0.2, 0.25) is 0 Å². The molecule has 0 aromatic rings. The number of amides is 1. The Hall–Kier alpha value is -0.280. The summed E-state index contributed by atoms with van der Waals surface area (Å²) in [6, 6.07) is 0. The quantitative estimate of drug-likeness (QED) is 0.713. The summed E-state index contributed by atoms with van der Waals surface area (Å²) in [5, 5.41) is -0.336. The van der Waals surface area contributed by atoms with Crippen molar-refractivity contribution in [2.45, 2.75) is 43.9 Å². The summed E-state index contributed by atoms with van der Waals surface area (Å²) in [6.45, 7) is 3.29. The predicted molar refractivity (Wildman–Crippen MR) is 68.2 cm³/mol. The van der Waals surface area contributed by atoms with Crippen molar-refractivity contribution in [3.8, 4) is 0 Å². The van der Waals surface area contributed by atoms with E-state index in [1.54, 1.807) is 0 Å². The summed E-state index contributed by atoms with van der Waals surface area (Å²) in [7, 11) is 0. The molecule has 2 fully saturated rings. The molecule has 0 saturated carbocycles. The maximum Gasteiger partial charge on any atom is 0.240 e. The predicted octanol–water partition coefficient (Wildman–Crippen LogP) is 2.42. The zero-order valence-electron chi connectivity index (χ0n) is 10.4. The van der Waals surface area contributed by atoms with Crippen molar-refractivity contribution in [1.29, 1.82) is 0 Å². The molecule has 17 heavy (non-hydrogen) atoms. The van der Waals surface area contributed by atoms with Crippen molar-refractivity contribution in [3.05, 3.63) is 0 Å². The second kappa shape index (κ2) is 6.60. The van der Waals surface area contributed by atoms with E-state index in [-0.39, 0.29) is 11.3 Å². The summed E-state index contributed by atoms with van der Waals surface area (Å²) >= 11 is 6.35. The average molecular weight is 260 g/mol. The van der Waals surface area contributed by atoms with Gasteiger partial charge in [-0.3, -0.25) is 4.79 Å². The molecule has 4 heteroatoms. The summed E-state index contributed by atoms with van der Waals surface area (Å²) < 4.78 is 5.31. The van der Waals surface area contributed by atoms with E-state index in [1.807, 2.05) is 4.90 Å². The Labute approximate surface area is 108 Å². The molecule has 2 rings (SSSR count). The Morgan fingerprint density at radius 1 is 1.12 bits per heavy atom. The first kappa shape index (κ1) is 13.2. The molecule has 3 nitrogen and oxygen atoms in total. The molecule has 0 radical (unpaired) electrons. The lowest BCUT2D eigenvalue weighted by Crippen LogP contribution is -2.41. The molecule has 0 spiro atoms. The van der Waals surface area contributed by atoms with Crippen LogP contribution in [0, 0.1) is 5.92 Å². The highest BCUT2D eigenvalue weighted by Crippen LogP contribution is 2.25. The Balaban J connectivity index is 1.88. The highest BCUT2D eigenvalue weighted by atomic mass is 35.5. The van der Waals surface area contributed by atoms with Gasteiger partial charge < -0.3 is 9.64 Å². The topological polar surface area (TPSA) is 29.5 Å². The van der Waals surface area contributed by atoms with E-state index >= 15 is 0 Å². The highest BCUT2D eigenvalue weighted by molar-refractivity contribution is 6.30. The van der Waals surface area contributed by atoms with Crippen LogP contribution in [0.4, 0.5) is 0 Å². The van der Waals surface area contributed by atoms with Crippen molar-refractivity contribution < 1.29 is 9.53 Å². The third-order valence-corrected chi connectivity index (χ3v) is 4.38. The molecule has 0 aromatic carbocycles. The van der Waals surface area contributed by atoms with Gasteiger partial charge in [-0.2, -0.15) is 0 Å². The summed E-state index contributed by atoms with van der Waals surface area (Å²) in [6.07, 6.45) is 6.59. The molecular weight excluding hydrogens is 238 g/mol. The van der Waals surface area contributed by atoms with Crippen LogP contribution in [0.3, 0.4) is 0 Å². The first-order valence-corrected chi connectivity index (χ1v) is 7.23. The van der Waals surface area contributed by atoms with Gasteiger partial charge in [0.25, 0.3) is 0 Å². The van der Waals surface area contributed by atoms with Gasteiger partial charge in [0.2, 0.25) is 5.91 Å². The van der Waals surface area contributed by atoms with Crippen molar-refractivity contribution in [3.63, 3.8) is 0 Å². The Morgan fingerprint density at radius 3 is 2.29 bits per heavy atom. The summed E-state index contributed by atoms with van der Waals surface area (Å²) in [5.41, 5.74) is 0. The Kier molecular flexibility index (Phi) is 5.11. The van der Waals surface area contributed by atoms with E-state index in [0.29, 0.717) is 5.92 Å². The van der Waals surface area contributed by atoms with E-state index < -0.39 is 0 Å². The molecule has 1 atom stereocenters. The maximum absolute atomic E-state index is 12.3. The number of halogens is 1. The summed E-state index contributed by atoms with van der Waals surface area (Å²) in [4.78, 5) is 14.3. The molecular formula is C13H22ClNO2. The van der Waals surface area contributed by atoms with Crippen LogP contribution in [0.25, 0.3) is 0 Å². The van der Waals surface area contributed by atoms with Crippen LogP contribution in [-0.2, 0) is 9.53 Å². The standard InChI is InChI=1S/C13H22ClNO2/c14-12(11-5-9-17-10-6-11)13(16)15-7-3-1-2-4-8-15/h11-12H,1-10H2. The van der Waals surface area contributed by atoms with Gasteiger partial charge >= 0.3 is 0 Å². The molecule has 0 aromatic heterocycles. The fourth-order valence-electron chi connectivity index (χ4n) is 2.68. The lowest BCUT2D eigenvalue weighted by Gasteiger charge is -2.29. The van der Waals surface area contributed by atoms with Crippen molar-refractivity contribution >= 4 is 17.5 Å². The van der Waals surface area contributed by atoms with Gasteiger partial charge in [-0.25, -0.2) is 0 Å². The van der Waals surface area contributed by atoms with E-state index in [1.165, 1.54) is 12.8 Å². The van der Waals surface area contributed by atoms with Crippen molar-refractivity contribution in [1.82, 2.24) is 4.90 Å². The number of hydrogen-bond acceptors (Lipinski definition) is 2. The third kappa shape index (κ3) is 3.59. The van der Waals surface area contributed by atoms with Crippen LogP contribution >= 0.6 is 11.6 Å². The maximum atomic E-state index is 12.3. The van der Waals surface area contributed by atoms with Crippen LogP contribution in [-0.4, -0.2) is 42.5 Å². The number of ether oxygens (including phenoxy) is 1. The number of carbonyl (C=O) groups excluding carboxylic acids is 1. The number of likely N-dealkylation sites (tertiary alicyclic amines) is 1. The molecule has 1 unspecified atom stereocenters. The minimum absolute atomic E-state index is 0.153. The van der Waals surface area contributed by atoms with Gasteiger partial charge in [-0.15, -0.1) is 11.6 Å². The van der Waals surface area contributed by atoms with Crippen LogP contribution in [0.1, 0.15) is 38.5 Å². The summed E-state index contributed by atoms with van der Waals surface area (Å²) in [5.74, 6) is 0.460. The number of rotatable bonds is 2. The minimum Gasteiger partial charge on any atom is -0.381 e. The van der Waals surface area contributed by atoms with Crippen molar-refractivity contribution in [2.24, 2.45) is 5.92 Å². The van der Waals surface area contributed by atoms with Gasteiger partial charge in [0, 0.05) is 26.3 Å². The van der Waals surface area contributed by atoms with Crippen LogP contribution in [0.5, 0.6) is 0 Å². The third-order valence-electron chi connectivity index (χ3n) is 3.83. The molecule has 2 aliphatic rings. The number of hydrogen-bond donors (Lipinski definition) is 0. The van der Waals surface area contributed by atoms with Gasteiger partial charge in [0.1, 0.15) is 5.38 Å². The van der Waals surface area contributed by atoms with Gasteiger partial charge in [0.05, 0.1) is 0 Å². The van der Waals surface area contributed by atoms with E-state index in [4.69, 9.17) is 16.3 Å². The van der Waals surface area contributed by atoms with E-state index in [9.17, 15) is 4.79 Å². The van der Waals surface area contributed by atoms with Gasteiger partial charge in [-0.05, 0) is 31.6 Å². The van der Waals surface area contributed by atoms with Gasteiger partial charge in [-0.1, -0.05) is 12.8 Å². The SMILES string of the molecule is O=C(C(Cl)C1CCOCC1)N1CCCCCC1. The Morgan fingerprint density at radius 2 is 1.71 bits per heavy atom. The lowest BCUT2D eigenvalue weighted by molar-refractivity contribution is -0.132. The zero-order chi connectivity index (χ0) is 12.1. The largest absolute Gasteiger partial charge is 0.381 e. The smallest absolute Gasteiger partial charge is 0.240 e. The van der Waals surface area contributed by atoms with Crippen LogP contribution in [0.15, 0.2) is 0 Å². The molecule has 2 heterocycles. The number of nitrogens with zero attached hydrogens (tertiary/aromatic N) is 1.